The fraction of sp³-hybridized carbons (Fsp3) is 0.364. The number of phenolic OH excluding ortho intramolecular Hbond substituents is 1. The van der Waals surface area contributed by atoms with E-state index in [0.29, 0.717) is 11.7 Å². The summed E-state index contributed by atoms with van der Waals surface area (Å²) >= 11 is 0. The number of hydrazone groups is 1. The number of rotatable bonds is 3. The summed E-state index contributed by atoms with van der Waals surface area (Å²) in [5.41, 5.74) is 7.25. The van der Waals surface area contributed by atoms with Gasteiger partial charge in [-0.2, -0.15) is 5.10 Å². The molecule has 1 aromatic heterocycles. The van der Waals surface area contributed by atoms with Crippen molar-refractivity contribution in [3.05, 3.63) is 53.1 Å². The van der Waals surface area contributed by atoms with Gasteiger partial charge in [-0.1, -0.05) is 53.7 Å². The SMILES string of the molecule is CC(C)(C)c1cc(C=NNc2nc3ccccc3[nH]2)cc(C(C)(C)C)c1O. The van der Waals surface area contributed by atoms with Gasteiger partial charge in [0, 0.05) is 11.1 Å². The van der Waals surface area contributed by atoms with Gasteiger partial charge in [-0.3, -0.25) is 0 Å². The third-order valence-electron chi connectivity index (χ3n) is 4.52. The van der Waals surface area contributed by atoms with Crippen molar-refractivity contribution in [3.8, 4) is 5.75 Å². The van der Waals surface area contributed by atoms with E-state index in [4.69, 9.17) is 0 Å². The second-order valence-corrected chi connectivity index (χ2v) is 8.94. The zero-order valence-electron chi connectivity index (χ0n) is 16.9. The van der Waals surface area contributed by atoms with Gasteiger partial charge in [0.1, 0.15) is 5.75 Å². The maximum atomic E-state index is 10.8. The highest BCUT2D eigenvalue weighted by Crippen LogP contribution is 2.39. The van der Waals surface area contributed by atoms with Gasteiger partial charge in [0.15, 0.2) is 0 Å². The van der Waals surface area contributed by atoms with E-state index in [1.807, 2.05) is 36.4 Å². The second-order valence-electron chi connectivity index (χ2n) is 8.94. The highest BCUT2D eigenvalue weighted by molar-refractivity contribution is 5.82. The lowest BCUT2D eigenvalue weighted by Crippen LogP contribution is -2.18. The van der Waals surface area contributed by atoms with E-state index in [-0.39, 0.29) is 10.8 Å². The number of phenols is 1. The molecule has 27 heavy (non-hydrogen) atoms. The maximum absolute atomic E-state index is 10.8. The van der Waals surface area contributed by atoms with Gasteiger partial charge in [0.2, 0.25) is 5.95 Å². The van der Waals surface area contributed by atoms with Crippen molar-refractivity contribution in [3.63, 3.8) is 0 Å². The van der Waals surface area contributed by atoms with Gasteiger partial charge in [0.25, 0.3) is 0 Å². The molecular weight excluding hydrogens is 336 g/mol. The molecule has 0 saturated heterocycles. The van der Waals surface area contributed by atoms with E-state index in [9.17, 15) is 5.11 Å². The predicted molar refractivity (Wildman–Crippen MR) is 113 cm³/mol. The van der Waals surface area contributed by atoms with Crippen LogP contribution in [-0.4, -0.2) is 21.3 Å². The van der Waals surface area contributed by atoms with Crippen molar-refractivity contribution in [1.29, 1.82) is 0 Å². The van der Waals surface area contributed by atoms with Crippen molar-refractivity contribution in [2.45, 2.75) is 52.4 Å². The largest absolute Gasteiger partial charge is 0.507 e. The molecule has 0 amide bonds. The molecule has 0 aliphatic carbocycles. The number of benzene rings is 2. The zero-order chi connectivity index (χ0) is 19.8. The second kappa shape index (κ2) is 6.72. The fourth-order valence-corrected chi connectivity index (χ4v) is 3.05. The summed E-state index contributed by atoms with van der Waals surface area (Å²) in [6.07, 6.45) is 1.76. The fourth-order valence-electron chi connectivity index (χ4n) is 3.05. The zero-order valence-corrected chi connectivity index (χ0v) is 16.9. The first-order chi connectivity index (χ1) is 12.6. The number of aromatic hydroxyl groups is 1. The van der Waals surface area contributed by atoms with Crippen LogP contribution in [0.3, 0.4) is 0 Å². The van der Waals surface area contributed by atoms with Crippen LogP contribution in [0, 0.1) is 0 Å². The number of anilines is 1. The monoisotopic (exact) mass is 364 g/mol. The van der Waals surface area contributed by atoms with Crippen LogP contribution in [-0.2, 0) is 10.8 Å². The molecule has 142 valence electrons. The van der Waals surface area contributed by atoms with Crippen molar-refractivity contribution < 1.29 is 5.11 Å². The van der Waals surface area contributed by atoms with Crippen LogP contribution in [0.4, 0.5) is 5.95 Å². The number of para-hydroxylation sites is 2. The molecule has 0 spiro atoms. The molecule has 2 aromatic carbocycles. The summed E-state index contributed by atoms with van der Waals surface area (Å²) in [7, 11) is 0. The Hall–Kier alpha value is -2.82. The standard InChI is InChI=1S/C22H28N4O/c1-21(2,3)15-11-14(12-16(19(15)27)22(4,5)6)13-23-26-20-24-17-9-7-8-10-18(17)25-20/h7-13,27H,1-6H3,(H2,24,25,26). The molecule has 3 aromatic rings. The normalized spacial score (nSPS) is 12.8. The molecule has 3 rings (SSSR count). The summed E-state index contributed by atoms with van der Waals surface area (Å²) < 4.78 is 0. The Morgan fingerprint density at radius 1 is 1.00 bits per heavy atom. The number of hydrogen-bond donors (Lipinski definition) is 3. The summed E-state index contributed by atoms with van der Waals surface area (Å²) in [5, 5.41) is 15.1. The molecule has 0 aliphatic rings. The quantitative estimate of drug-likeness (QED) is 0.435. The Bertz CT molecular complexity index is 919. The Morgan fingerprint density at radius 3 is 2.15 bits per heavy atom. The minimum atomic E-state index is -0.167. The van der Waals surface area contributed by atoms with Crippen LogP contribution in [0.25, 0.3) is 11.0 Å². The predicted octanol–water partition coefficient (Wildman–Crippen LogP) is 5.31. The number of aromatic nitrogens is 2. The first-order valence-electron chi connectivity index (χ1n) is 9.17. The summed E-state index contributed by atoms with van der Waals surface area (Å²) in [4.78, 5) is 7.64. The number of imidazole rings is 1. The van der Waals surface area contributed by atoms with Crippen molar-refractivity contribution in [2.24, 2.45) is 5.10 Å². The number of H-pyrrole nitrogens is 1. The molecule has 3 N–H and O–H groups in total. The van der Waals surface area contributed by atoms with Gasteiger partial charge in [0.05, 0.1) is 17.2 Å². The van der Waals surface area contributed by atoms with Crippen molar-refractivity contribution in [1.82, 2.24) is 9.97 Å². The van der Waals surface area contributed by atoms with Gasteiger partial charge in [-0.15, -0.1) is 0 Å². The highest BCUT2D eigenvalue weighted by atomic mass is 16.3. The molecule has 1 heterocycles. The van der Waals surface area contributed by atoms with Gasteiger partial charge < -0.3 is 10.1 Å². The molecular formula is C22H28N4O. The van der Waals surface area contributed by atoms with E-state index >= 15 is 0 Å². The average molecular weight is 364 g/mol. The first kappa shape index (κ1) is 19.0. The lowest BCUT2D eigenvalue weighted by atomic mass is 9.78. The smallest absolute Gasteiger partial charge is 0.222 e. The molecule has 0 atom stereocenters. The van der Waals surface area contributed by atoms with Crippen LogP contribution in [0.1, 0.15) is 58.2 Å². The molecule has 0 bridgehead atoms. The van der Waals surface area contributed by atoms with E-state index in [0.717, 1.165) is 27.7 Å². The third kappa shape index (κ3) is 4.13. The number of aromatic amines is 1. The average Bonchev–Trinajstić information content (AvgIpc) is 2.96. The van der Waals surface area contributed by atoms with Crippen LogP contribution >= 0.6 is 0 Å². The molecule has 5 nitrogen and oxygen atoms in total. The molecule has 0 fully saturated rings. The molecule has 0 unspecified atom stereocenters. The van der Waals surface area contributed by atoms with E-state index < -0.39 is 0 Å². The molecule has 0 aliphatic heterocycles. The lowest BCUT2D eigenvalue weighted by molar-refractivity contribution is 0.423. The third-order valence-corrected chi connectivity index (χ3v) is 4.52. The molecule has 0 saturated carbocycles. The minimum absolute atomic E-state index is 0.167. The summed E-state index contributed by atoms with van der Waals surface area (Å²) in [6.45, 7) is 12.6. The maximum Gasteiger partial charge on any atom is 0.222 e. The van der Waals surface area contributed by atoms with Crippen LogP contribution in [0.5, 0.6) is 5.75 Å². The van der Waals surface area contributed by atoms with Crippen molar-refractivity contribution in [2.75, 3.05) is 5.43 Å². The van der Waals surface area contributed by atoms with Crippen LogP contribution in [0.15, 0.2) is 41.5 Å². The number of hydrogen-bond acceptors (Lipinski definition) is 4. The number of nitrogens with one attached hydrogen (secondary N) is 2. The Labute approximate surface area is 160 Å². The Balaban J connectivity index is 1.92. The number of nitrogens with zero attached hydrogens (tertiary/aromatic N) is 2. The lowest BCUT2D eigenvalue weighted by Gasteiger charge is -2.27. The van der Waals surface area contributed by atoms with E-state index in [1.54, 1.807) is 6.21 Å². The van der Waals surface area contributed by atoms with Gasteiger partial charge >= 0.3 is 0 Å². The molecule has 5 heteroatoms. The van der Waals surface area contributed by atoms with Gasteiger partial charge in [-0.05, 0) is 40.7 Å². The molecule has 0 radical (unpaired) electrons. The minimum Gasteiger partial charge on any atom is -0.507 e. The highest BCUT2D eigenvalue weighted by Gasteiger charge is 2.26. The van der Waals surface area contributed by atoms with E-state index in [2.05, 4.69) is 62.0 Å². The van der Waals surface area contributed by atoms with E-state index in [1.165, 1.54) is 0 Å². The van der Waals surface area contributed by atoms with Crippen LogP contribution in [0.2, 0.25) is 0 Å². The van der Waals surface area contributed by atoms with Crippen molar-refractivity contribution >= 4 is 23.2 Å². The first-order valence-corrected chi connectivity index (χ1v) is 9.17. The summed E-state index contributed by atoms with van der Waals surface area (Å²) in [6, 6.07) is 11.8. The van der Waals surface area contributed by atoms with Gasteiger partial charge in [-0.25, -0.2) is 10.4 Å². The summed E-state index contributed by atoms with van der Waals surface area (Å²) in [5.74, 6) is 0.968. The number of fused-ring (bicyclic) bond motifs is 1. The topological polar surface area (TPSA) is 73.3 Å². The van der Waals surface area contributed by atoms with Crippen LogP contribution < -0.4 is 5.43 Å². The Kier molecular flexibility index (Phi) is 4.72. The Morgan fingerprint density at radius 2 is 1.59 bits per heavy atom.